The topological polar surface area (TPSA) is 171 Å². The molecule has 26 heavy (non-hydrogen) atoms. The van der Waals surface area contributed by atoms with E-state index in [1.54, 1.807) is 27.7 Å². The minimum absolute atomic E-state index is 0.0268. The first-order valence-electron chi connectivity index (χ1n) is 8.46. The smallest absolute Gasteiger partial charge is 0.326 e. The number of nitrogens with one attached hydrogen (secondary N) is 3. The Kier molecular flexibility index (Phi) is 10.5. The number of nitrogens with two attached hydrogens (primary N) is 1. The summed E-state index contributed by atoms with van der Waals surface area (Å²) >= 11 is 0. The Morgan fingerprint density at radius 1 is 0.962 bits per heavy atom. The number of rotatable bonds is 11. The highest BCUT2D eigenvalue weighted by Gasteiger charge is 2.27. The van der Waals surface area contributed by atoms with E-state index < -0.39 is 55.0 Å². The van der Waals surface area contributed by atoms with Gasteiger partial charge in [-0.05, 0) is 18.3 Å². The van der Waals surface area contributed by atoms with Crippen molar-refractivity contribution in [2.45, 2.75) is 52.2 Å². The maximum Gasteiger partial charge on any atom is 0.326 e. The molecule has 0 unspecified atom stereocenters. The van der Waals surface area contributed by atoms with Gasteiger partial charge in [0.05, 0.1) is 19.2 Å². The number of carbonyl (C=O) groups excluding carboxylic acids is 3. The summed E-state index contributed by atoms with van der Waals surface area (Å²) in [5.74, 6) is -3.33. The van der Waals surface area contributed by atoms with Crippen LogP contribution in [0.4, 0.5) is 0 Å². The fraction of sp³-hybridized carbons (Fsp3) is 0.750. The second kappa shape index (κ2) is 11.4. The van der Waals surface area contributed by atoms with Crippen LogP contribution in [0.5, 0.6) is 0 Å². The highest BCUT2D eigenvalue weighted by molar-refractivity contribution is 5.92. The predicted molar refractivity (Wildman–Crippen MR) is 93.9 cm³/mol. The number of carboxylic acids is 1. The molecule has 0 spiro atoms. The van der Waals surface area contributed by atoms with Gasteiger partial charge in [-0.3, -0.25) is 14.4 Å². The number of amides is 3. The lowest BCUT2D eigenvalue weighted by molar-refractivity contribution is -0.143. The van der Waals surface area contributed by atoms with Crippen LogP contribution in [0.15, 0.2) is 0 Å². The molecule has 0 aliphatic carbocycles. The van der Waals surface area contributed by atoms with E-state index in [4.69, 9.17) is 10.8 Å². The molecule has 0 bridgehead atoms. The fourth-order valence-electron chi connectivity index (χ4n) is 1.99. The van der Waals surface area contributed by atoms with Crippen molar-refractivity contribution < 1.29 is 29.4 Å². The van der Waals surface area contributed by atoms with Gasteiger partial charge in [-0.25, -0.2) is 4.79 Å². The summed E-state index contributed by atoms with van der Waals surface area (Å²) in [6.45, 7) is 5.98. The Labute approximate surface area is 152 Å². The lowest BCUT2D eigenvalue weighted by atomic mass is 10.0. The molecule has 0 aromatic heterocycles. The Bertz CT molecular complexity index is 509. The number of hydrogen-bond acceptors (Lipinski definition) is 6. The third-order valence-corrected chi connectivity index (χ3v) is 3.60. The predicted octanol–water partition coefficient (Wildman–Crippen LogP) is -1.82. The first-order chi connectivity index (χ1) is 12.0. The Balaban J connectivity index is 4.63. The summed E-state index contributed by atoms with van der Waals surface area (Å²) in [6, 6.07) is -3.23. The van der Waals surface area contributed by atoms with Crippen LogP contribution in [-0.4, -0.2) is 65.2 Å². The van der Waals surface area contributed by atoms with Gasteiger partial charge in [0.1, 0.15) is 12.1 Å². The van der Waals surface area contributed by atoms with Crippen molar-refractivity contribution in [3.05, 3.63) is 0 Å². The van der Waals surface area contributed by atoms with E-state index >= 15 is 0 Å². The molecule has 0 aliphatic rings. The number of aliphatic carboxylic acids is 1. The van der Waals surface area contributed by atoms with Crippen LogP contribution in [0.1, 0.15) is 34.1 Å². The molecule has 0 heterocycles. The molecule has 10 heteroatoms. The van der Waals surface area contributed by atoms with Gasteiger partial charge < -0.3 is 31.9 Å². The van der Waals surface area contributed by atoms with Crippen LogP contribution in [0.2, 0.25) is 0 Å². The van der Waals surface area contributed by atoms with Gasteiger partial charge in [-0.1, -0.05) is 27.7 Å². The molecule has 0 saturated carbocycles. The normalized spacial score (nSPS) is 14.5. The van der Waals surface area contributed by atoms with Crippen LogP contribution in [0.25, 0.3) is 0 Å². The molecule has 0 radical (unpaired) electrons. The maximum atomic E-state index is 12.1. The Morgan fingerprint density at radius 2 is 1.54 bits per heavy atom. The molecule has 3 amide bonds. The molecule has 0 fully saturated rings. The van der Waals surface area contributed by atoms with Crippen LogP contribution < -0.4 is 21.7 Å². The number of carboxylic acid groups (broad SMARTS) is 1. The minimum atomic E-state index is -1.33. The molecule has 0 rings (SSSR count). The molecule has 0 aromatic carbocycles. The molecular weight excluding hydrogens is 344 g/mol. The van der Waals surface area contributed by atoms with Gasteiger partial charge in [0.25, 0.3) is 0 Å². The second-order valence-corrected chi connectivity index (χ2v) is 6.82. The molecule has 0 aliphatic heterocycles. The zero-order valence-electron chi connectivity index (χ0n) is 15.6. The first kappa shape index (κ1) is 23.8. The second-order valence-electron chi connectivity index (χ2n) is 6.82. The van der Waals surface area contributed by atoms with Gasteiger partial charge in [0.2, 0.25) is 17.7 Å². The van der Waals surface area contributed by atoms with Gasteiger partial charge in [0, 0.05) is 0 Å². The van der Waals surface area contributed by atoms with Gasteiger partial charge >= 0.3 is 5.97 Å². The zero-order valence-corrected chi connectivity index (χ0v) is 15.6. The van der Waals surface area contributed by atoms with Crippen molar-refractivity contribution in [3.8, 4) is 0 Å². The van der Waals surface area contributed by atoms with Crippen LogP contribution >= 0.6 is 0 Å². The van der Waals surface area contributed by atoms with Gasteiger partial charge in [-0.2, -0.15) is 0 Å². The van der Waals surface area contributed by atoms with Crippen molar-refractivity contribution in [3.63, 3.8) is 0 Å². The van der Waals surface area contributed by atoms with Crippen LogP contribution in [0.3, 0.4) is 0 Å². The number of aliphatic hydroxyl groups excluding tert-OH is 1. The van der Waals surface area contributed by atoms with Crippen molar-refractivity contribution in [2.75, 3.05) is 13.2 Å². The number of carbonyl (C=O) groups is 4. The zero-order chi connectivity index (χ0) is 20.4. The molecule has 150 valence electrons. The fourth-order valence-corrected chi connectivity index (χ4v) is 1.99. The Morgan fingerprint density at radius 3 is 1.96 bits per heavy atom. The third-order valence-electron chi connectivity index (χ3n) is 3.60. The lowest BCUT2D eigenvalue weighted by Crippen LogP contribution is -2.55. The quantitative estimate of drug-likeness (QED) is 0.247. The first-order valence-corrected chi connectivity index (χ1v) is 8.46. The largest absolute Gasteiger partial charge is 0.480 e. The van der Waals surface area contributed by atoms with Crippen LogP contribution in [0, 0.1) is 11.8 Å². The van der Waals surface area contributed by atoms with Crippen molar-refractivity contribution in [1.82, 2.24) is 16.0 Å². The van der Waals surface area contributed by atoms with Gasteiger partial charge in [0.15, 0.2) is 0 Å². The summed E-state index contributed by atoms with van der Waals surface area (Å²) in [5.41, 5.74) is 5.64. The molecule has 0 saturated heterocycles. The van der Waals surface area contributed by atoms with Crippen molar-refractivity contribution >= 4 is 23.7 Å². The summed E-state index contributed by atoms with van der Waals surface area (Å²) in [7, 11) is 0. The highest BCUT2D eigenvalue weighted by atomic mass is 16.4. The van der Waals surface area contributed by atoms with E-state index in [1.165, 1.54) is 0 Å². The van der Waals surface area contributed by atoms with E-state index in [1.807, 2.05) is 0 Å². The van der Waals surface area contributed by atoms with E-state index in [9.17, 15) is 24.3 Å². The monoisotopic (exact) mass is 374 g/mol. The molecule has 0 aromatic rings. The standard InChI is InChI=1S/C16H30N4O6/c1-8(2)5-10(16(25)26)20-14(23)11(7-21)19-12(22)6-18-15(24)13(17)9(3)4/h8-11,13,21H,5-7,17H2,1-4H3,(H,18,24)(H,19,22)(H,20,23)(H,25,26)/t10-,11-,13-/m0/s1. The average Bonchev–Trinajstić information content (AvgIpc) is 2.55. The van der Waals surface area contributed by atoms with E-state index in [0.717, 1.165) is 0 Å². The van der Waals surface area contributed by atoms with Crippen LogP contribution in [-0.2, 0) is 19.2 Å². The maximum absolute atomic E-state index is 12.1. The summed E-state index contributed by atoms with van der Waals surface area (Å²) in [6.07, 6.45) is 0.205. The lowest BCUT2D eigenvalue weighted by Gasteiger charge is -2.21. The van der Waals surface area contributed by atoms with Crippen molar-refractivity contribution in [1.29, 1.82) is 0 Å². The summed E-state index contributed by atoms with van der Waals surface area (Å²) in [5, 5.41) is 25.3. The number of aliphatic hydroxyl groups is 1. The average molecular weight is 374 g/mol. The van der Waals surface area contributed by atoms with E-state index in [2.05, 4.69) is 16.0 Å². The summed E-state index contributed by atoms with van der Waals surface area (Å²) < 4.78 is 0. The molecule has 7 N–H and O–H groups in total. The van der Waals surface area contributed by atoms with Crippen molar-refractivity contribution in [2.24, 2.45) is 17.6 Å². The SMILES string of the molecule is CC(C)C[C@H](NC(=O)[C@H](CO)NC(=O)CNC(=O)[C@@H](N)C(C)C)C(=O)O. The summed E-state index contributed by atoms with van der Waals surface area (Å²) in [4.78, 5) is 46.8. The molecule has 3 atom stereocenters. The molecular formula is C16H30N4O6. The Hall–Kier alpha value is -2.20. The third kappa shape index (κ3) is 8.77. The number of hydrogen-bond donors (Lipinski definition) is 6. The minimum Gasteiger partial charge on any atom is -0.480 e. The van der Waals surface area contributed by atoms with E-state index in [-0.39, 0.29) is 18.3 Å². The van der Waals surface area contributed by atoms with Gasteiger partial charge in [-0.15, -0.1) is 0 Å². The molecule has 10 nitrogen and oxygen atoms in total. The highest BCUT2D eigenvalue weighted by Crippen LogP contribution is 2.05. The van der Waals surface area contributed by atoms with E-state index in [0.29, 0.717) is 0 Å².